The highest BCUT2D eigenvalue weighted by molar-refractivity contribution is 9.09. The fourth-order valence-electron chi connectivity index (χ4n) is 2.56. The first-order chi connectivity index (χ1) is 8.91. The van der Waals surface area contributed by atoms with Crippen LogP contribution in [-0.2, 0) is 10.0 Å². The van der Waals surface area contributed by atoms with Crippen LogP contribution in [0, 0.1) is 6.92 Å². The third-order valence-corrected chi connectivity index (χ3v) is 5.67. The van der Waals surface area contributed by atoms with E-state index >= 15 is 0 Å². The van der Waals surface area contributed by atoms with Crippen LogP contribution in [0.5, 0.6) is 0 Å². The van der Waals surface area contributed by atoms with Crippen molar-refractivity contribution in [2.24, 2.45) is 0 Å². The Morgan fingerprint density at radius 3 is 2.89 bits per heavy atom. The van der Waals surface area contributed by atoms with Crippen LogP contribution in [0.2, 0.25) is 0 Å². The summed E-state index contributed by atoms with van der Waals surface area (Å²) in [6, 6.07) is 0.0803. The first-order valence-corrected chi connectivity index (χ1v) is 8.94. The molecule has 0 amide bonds. The van der Waals surface area contributed by atoms with Gasteiger partial charge >= 0.3 is 0 Å². The number of hydrogen-bond donors (Lipinski definition) is 1. The molecule has 2 rings (SSSR count). The number of nitrogens with zero attached hydrogens (tertiary/aromatic N) is 2. The van der Waals surface area contributed by atoms with Crippen molar-refractivity contribution in [2.45, 2.75) is 55.4 Å². The molecular formula is C12H20BrN3O2S. The maximum Gasteiger partial charge on any atom is 0.260 e. The molecule has 1 aliphatic rings. The van der Waals surface area contributed by atoms with Crippen molar-refractivity contribution in [3.8, 4) is 0 Å². The van der Waals surface area contributed by atoms with Gasteiger partial charge in [-0.1, -0.05) is 29.3 Å². The molecule has 1 N–H and O–H groups in total. The van der Waals surface area contributed by atoms with Crippen LogP contribution >= 0.6 is 15.9 Å². The van der Waals surface area contributed by atoms with Gasteiger partial charge in [0.1, 0.15) is 5.82 Å². The van der Waals surface area contributed by atoms with Gasteiger partial charge in [-0.2, -0.15) is 4.31 Å². The third kappa shape index (κ3) is 3.38. The van der Waals surface area contributed by atoms with E-state index in [9.17, 15) is 8.42 Å². The number of hydrogen-bond acceptors (Lipinski definition) is 3. The minimum atomic E-state index is -3.44. The summed E-state index contributed by atoms with van der Waals surface area (Å²) in [6.45, 7) is 4.41. The average molecular weight is 350 g/mol. The Bertz CT molecular complexity index is 527. The number of aromatic amines is 1. The molecule has 0 aliphatic carbocycles. The lowest BCUT2D eigenvalue weighted by molar-refractivity contribution is 0.241. The molecule has 5 nitrogen and oxygen atoms in total. The maximum atomic E-state index is 12.6. The van der Waals surface area contributed by atoms with Gasteiger partial charge in [-0.05, 0) is 26.2 Å². The van der Waals surface area contributed by atoms with E-state index < -0.39 is 10.0 Å². The predicted molar refractivity (Wildman–Crippen MR) is 77.9 cm³/mol. The molecule has 0 bridgehead atoms. The Morgan fingerprint density at radius 1 is 1.58 bits per heavy atom. The second kappa shape index (κ2) is 5.93. The Balaban J connectivity index is 2.26. The van der Waals surface area contributed by atoms with E-state index in [1.54, 1.807) is 11.2 Å². The molecule has 1 saturated heterocycles. The number of nitrogens with one attached hydrogen (secondary N) is 1. The molecule has 0 saturated carbocycles. The predicted octanol–water partition coefficient (Wildman–Crippen LogP) is 2.43. The van der Waals surface area contributed by atoms with Crippen LogP contribution in [0.4, 0.5) is 0 Å². The molecule has 2 unspecified atom stereocenters. The molecule has 1 aliphatic heterocycles. The molecule has 108 valence electrons. The zero-order chi connectivity index (χ0) is 14.0. The van der Waals surface area contributed by atoms with Crippen molar-refractivity contribution >= 4 is 26.0 Å². The van der Waals surface area contributed by atoms with E-state index in [0.29, 0.717) is 17.2 Å². The van der Waals surface area contributed by atoms with E-state index in [-0.39, 0.29) is 11.1 Å². The van der Waals surface area contributed by atoms with Crippen LogP contribution in [-0.4, -0.2) is 40.1 Å². The molecule has 2 atom stereocenters. The summed E-state index contributed by atoms with van der Waals surface area (Å²) < 4.78 is 26.9. The molecule has 0 radical (unpaired) electrons. The molecule has 2 heterocycles. The van der Waals surface area contributed by atoms with Crippen molar-refractivity contribution in [2.75, 3.05) is 6.54 Å². The highest BCUT2D eigenvalue weighted by Gasteiger charge is 2.34. The second-order valence-electron chi connectivity index (χ2n) is 5.11. The van der Waals surface area contributed by atoms with E-state index in [0.717, 1.165) is 25.7 Å². The fraction of sp³-hybridized carbons (Fsp3) is 0.750. The van der Waals surface area contributed by atoms with E-state index in [1.165, 1.54) is 6.20 Å². The SMILES string of the molecule is Cc1ncc(S(=O)(=O)N2CCCCC2CC(C)Br)[nH]1. The van der Waals surface area contributed by atoms with E-state index in [4.69, 9.17) is 0 Å². The molecule has 7 heteroatoms. The number of H-pyrrole nitrogens is 1. The van der Waals surface area contributed by atoms with E-state index in [2.05, 4.69) is 32.8 Å². The van der Waals surface area contributed by atoms with Gasteiger partial charge in [-0.3, -0.25) is 0 Å². The van der Waals surface area contributed by atoms with Crippen LogP contribution in [0.3, 0.4) is 0 Å². The molecule has 1 aromatic heterocycles. The number of aryl methyl sites for hydroxylation is 1. The summed E-state index contributed by atoms with van der Waals surface area (Å²) in [5.41, 5.74) is 0. The Kier molecular flexibility index (Phi) is 4.68. The summed E-state index contributed by atoms with van der Waals surface area (Å²) in [5.74, 6) is 0.626. The quantitative estimate of drug-likeness (QED) is 0.849. The zero-order valence-electron chi connectivity index (χ0n) is 11.3. The molecule has 19 heavy (non-hydrogen) atoms. The minimum Gasteiger partial charge on any atom is -0.332 e. The number of piperidine rings is 1. The summed E-state index contributed by atoms with van der Waals surface area (Å²) in [7, 11) is -3.44. The highest BCUT2D eigenvalue weighted by atomic mass is 79.9. The van der Waals surface area contributed by atoms with Crippen LogP contribution < -0.4 is 0 Å². The van der Waals surface area contributed by atoms with Crippen molar-refractivity contribution in [3.63, 3.8) is 0 Å². The summed E-state index contributed by atoms with van der Waals surface area (Å²) in [5, 5.41) is 0.208. The first-order valence-electron chi connectivity index (χ1n) is 6.59. The number of imidazole rings is 1. The second-order valence-corrected chi connectivity index (χ2v) is 8.54. The van der Waals surface area contributed by atoms with Gasteiger partial charge in [0, 0.05) is 17.4 Å². The molecule has 0 spiro atoms. The largest absolute Gasteiger partial charge is 0.332 e. The van der Waals surface area contributed by atoms with Gasteiger partial charge in [0.15, 0.2) is 5.03 Å². The topological polar surface area (TPSA) is 66.1 Å². The van der Waals surface area contributed by atoms with Crippen molar-refractivity contribution < 1.29 is 8.42 Å². The Hall–Kier alpha value is -0.400. The van der Waals surface area contributed by atoms with Gasteiger partial charge in [0.25, 0.3) is 10.0 Å². The maximum absolute atomic E-state index is 12.6. The monoisotopic (exact) mass is 349 g/mol. The number of alkyl halides is 1. The van der Waals surface area contributed by atoms with E-state index in [1.807, 2.05) is 0 Å². The summed E-state index contributed by atoms with van der Waals surface area (Å²) >= 11 is 3.52. The molecule has 0 aromatic carbocycles. The third-order valence-electron chi connectivity index (χ3n) is 3.44. The van der Waals surface area contributed by atoms with Gasteiger partial charge in [-0.15, -0.1) is 0 Å². The average Bonchev–Trinajstić information content (AvgIpc) is 2.76. The summed E-state index contributed by atoms with van der Waals surface area (Å²) in [4.78, 5) is 7.14. The fourth-order valence-corrected chi connectivity index (χ4v) is 4.66. The smallest absolute Gasteiger partial charge is 0.260 e. The number of aromatic nitrogens is 2. The van der Waals surface area contributed by atoms with Crippen LogP contribution in [0.15, 0.2) is 11.2 Å². The lowest BCUT2D eigenvalue weighted by Crippen LogP contribution is -2.44. The van der Waals surface area contributed by atoms with Crippen molar-refractivity contribution in [1.82, 2.24) is 14.3 Å². The molecular weight excluding hydrogens is 330 g/mol. The number of halogens is 1. The number of rotatable bonds is 4. The van der Waals surface area contributed by atoms with Gasteiger partial charge < -0.3 is 4.98 Å². The van der Waals surface area contributed by atoms with Crippen molar-refractivity contribution in [1.29, 1.82) is 0 Å². The Morgan fingerprint density at radius 2 is 2.32 bits per heavy atom. The van der Waals surface area contributed by atoms with Crippen molar-refractivity contribution in [3.05, 3.63) is 12.0 Å². The minimum absolute atomic E-state index is 0.0803. The first kappa shape index (κ1) is 15.0. The molecule has 1 fully saturated rings. The van der Waals surface area contributed by atoms with Gasteiger partial charge in [0.05, 0.1) is 6.20 Å². The highest BCUT2D eigenvalue weighted by Crippen LogP contribution is 2.28. The normalized spacial score (nSPS) is 23.4. The van der Waals surface area contributed by atoms with Crippen LogP contribution in [0.25, 0.3) is 0 Å². The Labute approximate surface area is 123 Å². The summed E-state index contributed by atoms with van der Waals surface area (Å²) in [6.07, 6.45) is 5.21. The standard InChI is InChI=1S/C12H20BrN3O2S/c1-9(13)7-11-5-3-4-6-16(11)19(17,18)12-8-14-10(2)15-12/h8-9,11H,3-7H2,1-2H3,(H,14,15). The van der Waals surface area contributed by atoms with Gasteiger partial charge in [0.2, 0.25) is 0 Å². The van der Waals surface area contributed by atoms with Gasteiger partial charge in [-0.25, -0.2) is 13.4 Å². The lowest BCUT2D eigenvalue weighted by Gasteiger charge is -2.34. The lowest BCUT2D eigenvalue weighted by atomic mass is 10.0. The zero-order valence-corrected chi connectivity index (χ0v) is 13.7. The van der Waals surface area contributed by atoms with Crippen LogP contribution in [0.1, 0.15) is 38.4 Å². The molecule has 1 aromatic rings. The number of sulfonamides is 1.